The predicted molar refractivity (Wildman–Crippen MR) is 58.4 cm³/mol. The summed E-state index contributed by atoms with van der Waals surface area (Å²) in [6, 6.07) is 6.11. The van der Waals surface area contributed by atoms with Crippen molar-refractivity contribution in [2.24, 2.45) is 0 Å². The van der Waals surface area contributed by atoms with E-state index >= 15 is 0 Å². The van der Waals surface area contributed by atoms with Crippen LogP contribution in [0.3, 0.4) is 0 Å². The molecule has 0 aliphatic rings. The van der Waals surface area contributed by atoms with Gasteiger partial charge in [0.2, 0.25) is 0 Å². The second kappa shape index (κ2) is 5.04. The molecule has 15 heavy (non-hydrogen) atoms. The molecule has 1 unspecified atom stereocenters. The third-order valence-electron chi connectivity index (χ3n) is 2.00. The van der Waals surface area contributed by atoms with Crippen LogP contribution in [-0.2, 0) is 6.42 Å². The zero-order valence-electron chi connectivity index (χ0n) is 8.13. The SMILES string of the molecule is CC(Br)C(=O)c1cccc(F)c1CC#N. The third kappa shape index (κ3) is 2.63. The van der Waals surface area contributed by atoms with Crippen LogP contribution in [0.1, 0.15) is 22.8 Å². The number of carbonyl (C=O) groups excluding carboxylic acids is 1. The molecule has 1 atom stereocenters. The van der Waals surface area contributed by atoms with Gasteiger partial charge in [-0.25, -0.2) is 4.39 Å². The summed E-state index contributed by atoms with van der Waals surface area (Å²) in [5.74, 6) is -0.713. The molecular formula is C11H9BrFNO. The van der Waals surface area contributed by atoms with E-state index < -0.39 is 5.82 Å². The number of alkyl halides is 1. The molecular weight excluding hydrogens is 261 g/mol. The van der Waals surface area contributed by atoms with Crippen molar-refractivity contribution in [1.82, 2.24) is 0 Å². The van der Waals surface area contributed by atoms with Gasteiger partial charge in [0.05, 0.1) is 17.3 Å². The fourth-order valence-corrected chi connectivity index (χ4v) is 1.51. The lowest BCUT2D eigenvalue weighted by Gasteiger charge is -2.08. The van der Waals surface area contributed by atoms with Crippen molar-refractivity contribution in [2.75, 3.05) is 0 Å². The van der Waals surface area contributed by atoms with Gasteiger partial charge in [-0.05, 0) is 13.0 Å². The molecule has 1 aromatic carbocycles. The van der Waals surface area contributed by atoms with E-state index in [0.717, 1.165) is 0 Å². The maximum Gasteiger partial charge on any atom is 0.176 e. The molecule has 1 rings (SSSR count). The Morgan fingerprint density at radius 1 is 1.67 bits per heavy atom. The summed E-state index contributed by atoms with van der Waals surface area (Å²) < 4.78 is 13.3. The maximum atomic E-state index is 13.3. The van der Waals surface area contributed by atoms with E-state index in [2.05, 4.69) is 15.9 Å². The van der Waals surface area contributed by atoms with E-state index in [0.29, 0.717) is 0 Å². The van der Waals surface area contributed by atoms with E-state index in [4.69, 9.17) is 5.26 Å². The predicted octanol–water partition coefficient (Wildman–Crippen LogP) is 2.86. The number of Topliss-reactive ketones (excluding diaryl/α,β-unsaturated/α-hetero) is 1. The highest BCUT2D eigenvalue weighted by Gasteiger charge is 2.18. The standard InChI is InChI=1S/C11H9BrFNO/c1-7(12)11(15)9-3-2-4-10(13)8(9)5-6-14/h2-4,7H,5H2,1H3. The fraction of sp³-hybridized carbons (Fsp3) is 0.273. The van der Waals surface area contributed by atoms with Crippen molar-refractivity contribution < 1.29 is 9.18 Å². The van der Waals surface area contributed by atoms with Gasteiger partial charge in [-0.3, -0.25) is 4.79 Å². The van der Waals surface area contributed by atoms with E-state index in [1.54, 1.807) is 6.92 Å². The number of halogens is 2. The normalized spacial score (nSPS) is 11.9. The molecule has 0 saturated carbocycles. The van der Waals surface area contributed by atoms with Crippen molar-refractivity contribution >= 4 is 21.7 Å². The minimum absolute atomic E-state index is 0.0898. The summed E-state index contributed by atoms with van der Waals surface area (Å²) >= 11 is 3.13. The second-order valence-corrected chi connectivity index (χ2v) is 4.45. The van der Waals surface area contributed by atoms with Gasteiger partial charge in [-0.1, -0.05) is 28.1 Å². The number of carbonyl (C=O) groups is 1. The maximum absolute atomic E-state index is 13.3. The Morgan fingerprint density at radius 3 is 2.87 bits per heavy atom. The van der Waals surface area contributed by atoms with Crippen LogP contribution in [0.25, 0.3) is 0 Å². The summed E-state index contributed by atoms with van der Waals surface area (Å²) in [4.78, 5) is 11.3. The first-order chi connectivity index (χ1) is 7.07. The minimum atomic E-state index is -0.504. The highest BCUT2D eigenvalue weighted by molar-refractivity contribution is 9.10. The molecule has 0 saturated heterocycles. The Bertz CT molecular complexity index is 423. The van der Waals surface area contributed by atoms with Gasteiger partial charge < -0.3 is 0 Å². The van der Waals surface area contributed by atoms with Gasteiger partial charge in [0.15, 0.2) is 5.78 Å². The molecule has 0 bridgehead atoms. The molecule has 0 aliphatic carbocycles. The highest BCUT2D eigenvalue weighted by Crippen LogP contribution is 2.18. The van der Waals surface area contributed by atoms with Crippen LogP contribution in [0.5, 0.6) is 0 Å². The van der Waals surface area contributed by atoms with E-state index in [1.807, 2.05) is 6.07 Å². The fourth-order valence-electron chi connectivity index (χ4n) is 1.26. The number of hydrogen-bond acceptors (Lipinski definition) is 2. The van der Waals surface area contributed by atoms with Crippen LogP contribution in [0.4, 0.5) is 4.39 Å². The number of rotatable bonds is 3. The Labute approximate surface area is 95.8 Å². The molecule has 2 nitrogen and oxygen atoms in total. The molecule has 0 spiro atoms. The Kier molecular flexibility index (Phi) is 3.98. The van der Waals surface area contributed by atoms with Crippen molar-refractivity contribution in [3.63, 3.8) is 0 Å². The largest absolute Gasteiger partial charge is 0.293 e. The van der Waals surface area contributed by atoms with Gasteiger partial charge in [0.25, 0.3) is 0 Å². The molecule has 0 fully saturated rings. The van der Waals surface area contributed by atoms with Crippen LogP contribution in [0.2, 0.25) is 0 Å². The lowest BCUT2D eigenvalue weighted by atomic mass is 9.99. The first-order valence-electron chi connectivity index (χ1n) is 4.40. The van der Waals surface area contributed by atoms with Gasteiger partial charge in [-0.15, -0.1) is 0 Å². The first-order valence-corrected chi connectivity index (χ1v) is 5.32. The number of hydrogen-bond donors (Lipinski definition) is 0. The van der Waals surface area contributed by atoms with Crippen LogP contribution >= 0.6 is 15.9 Å². The topological polar surface area (TPSA) is 40.9 Å². The third-order valence-corrected chi connectivity index (χ3v) is 2.42. The van der Waals surface area contributed by atoms with E-state index in [1.165, 1.54) is 18.2 Å². The summed E-state index contributed by atoms with van der Waals surface area (Å²) in [6.45, 7) is 1.67. The van der Waals surface area contributed by atoms with Crippen molar-refractivity contribution in [3.05, 3.63) is 35.1 Å². The van der Waals surface area contributed by atoms with Gasteiger partial charge in [-0.2, -0.15) is 5.26 Å². The molecule has 4 heteroatoms. The van der Waals surface area contributed by atoms with Crippen LogP contribution in [0.15, 0.2) is 18.2 Å². The van der Waals surface area contributed by atoms with Crippen molar-refractivity contribution in [1.29, 1.82) is 5.26 Å². The molecule has 0 amide bonds. The number of benzene rings is 1. The monoisotopic (exact) mass is 269 g/mol. The molecule has 0 heterocycles. The molecule has 0 N–H and O–H groups in total. The zero-order chi connectivity index (χ0) is 11.4. The minimum Gasteiger partial charge on any atom is -0.293 e. The first kappa shape index (κ1) is 11.9. The zero-order valence-corrected chi connectivity index (χ0v) is 9.71. The molecule has 1 aromatic rings. The van der Waals surface area contributed by atoms with E-state index in [-0.39, 0.29) is 28.2 Å². The average Bonchev–Trinajstić information content (AvgIpc) is 2.20. The van der Waals surface area contributed by atoms with Gasteiger partial charge in [0, 0.05) is 11.1 Å². The summed E-state index contributed by atoms with van der Waals surface area (Å²) in [6.07, 6.45) is -0.0898. The highest BCUT2D eigenvalue weighted by atomic mass is 79.9. The average molecular weight is 270 g/mol. The Morgan fingerprint density at radius 2 is 2.33 bits per heavy atom. The Hall–Kier alpha value is -1.21. The van der Waals surface area contributed by atoms with Gasteiger partial charge >= 0.3 is 0 Å². The van der Waals surface area contributed by atoms with Gasteiger partial charge in [0.1, 0.15) is 5.82 Å². The molecule has 0 aliphatic heterocycles. The lowest BCUT2D eigenvalue weighted by molar-refractivity contribution is 0.0994. The smallest absolute Gasteiger partial charge is 0.176 e. The van der Waals surface area contributed by atoms with Crippen molar-refractivity contribution in [3.8, 4) is 6.07 Å². The number of nitriles is 1. The Balaban J connectivity index is 3.23. The lowest BCUT2D eigenvalue weighted by Crippen LogP contribution is -2.13. The summed E-state index contributed by atoms with van der Waals surface area (Å²) in [5, 5.41) is 8.55. The van der Waals surface area contributed by atoms with Crippen LogP contribution < -0.4 is 0 Å². The number of nitrogens with zero attached hydrogens (tertiary/aromatic N) is 1. The molecule has 0 radical (unpaired) electrons. The number of ketones is 1. The van der Waals surface area contributed by atoms with Crippen LogP contribution in [-0.4, -0.2) is 10.6 Å². The summed E-state index contributed by atoms with van der Waals surface area (Å²) in [7, 11) is 0. The quantitative estimate of drug-likeness (QED) is 0.626. The van der Waals surface area contributed by atoms with E-state index in [9.17, 15) is 9.18 Å². The van der Waals surface area contributed by atoms with Crippen molar-refractivity contribution in [2.45, 2.75) is 18.2 Å². The molecule has 78 valence electrons. The molecule has 0 aromatic heterocycles. The van der Waals surface area contributed by atoms with Crippen LogP contribution in [0, 0.1) is 17.1 Å². The summed E-state index contributed by atoms with van der Waals surface area (Å²) in [5.41, 5.74) is 0.456. The second-order valence-electron chi connectivity index (χ2n) is 3.08.